The molecule has 1 fully saturated rings. The largest absolute Gasteiger partial charge is 0.306 e. The average Bonchev–Trinajstić information content (AvgIpc) is 2.74. The zero-order valence-electron chi connectivity index (χ0n) is 9.73. The molecule has 1 aliphatic rings. The molecule has 1 atom stereocenters. The Bertz CT molecular complexity index is 555. The Morgan fingerprint density at radius 2 is 2.24 bits per heavy atom. The smallest absolute Gasteiger partial charge is 0.116 e. The lowest BCUT2D eigenvalue weighted by atomic mass is 10.0. The van der Waals surface area contributed by atoms with Gasteiger partial charge in [0.25, 0.3) is 0 Å². The van der Waals surface area contributed by atoms with Gasteiger partial charge in [-0.05, 0) is 38.2 Å². The Kier molecular flexibility index (Phi) is 2.84. The molecule has 0 aliphatic carbocycles. The van der Waals surface area contributed by atoms with Crippen LogP contribution in [0.1, 0.15) is 18.0 Å². The number of likely N-dealkylation sites (tertiary alicyclic amines) is 1. The third kappa shape index (κ3) is 2.07. The number of likely N-dealkylation sites (N-methyl/N-ethyl adjacent to an activating group) is 1. The monoisotopic (exact) mass is 291 g/mol. The molecule has 17 heavy (non-hydrogen) atoms. The Hall–Kier alpha value is -1.000. The molecule has 0 saturated carbocycles. The van der Waals surface area contributed by atoms with Gasteiger partial charge in [0.15, 0.2) is 0 Å². The number of rotatable bonds is 1. The Morgan fingerprint density at radius 1 is 1.35 bits per heavy atom. The molecule has 1 aliphatic heterocycles. The summed E-state index contributed by atoms with van der Waals surface area (Å²) in [6.07, 6.45) is 2.88. The quantitative estimate of drug-likeness (QED) is 0.809. The second-order valence-corrected chi connectivity index (χ2v) is 5.58. The van der Waals surface area contributed by atoms with Gasteiger partial charge in [-0.3, -0.25) is 0 Å². The highest BCUT2D eigenvalue weighted by molar-refractivity contribution is 9.10. The molecule has 0 spiro atoms. The third-order valence-electron chi connectivity index (χ3n) is 3.41. The van der Waals surface area contributed by atoms with E-state index in [4.69, 9.17) is 0 Å². The molecule has 1 aromatic carbocycles. The van der Waals surface area contributed by atoms with Crippen molar-refractivity contribution in [2.24, 2.45) is 0 Å². The maximum atomic E-state index is 4.50. The molecule has 0 bridgehead atoms. The number of hydrogen-bond acceptors (Lipinski definition) is 3. The van der Waals surface area contributed by atoms with E-state index in [0.29, 0.717) is 5.92 Å². The Balaban J connectivity index is 2.10. The van der Waals surface area contributed by atoms with E-state index in [1.54, 1.807) is 6.33 Å². The van der Waals surface area contributed by atoms with Crippen LogP contribution in [0.3, 0.4) is 0 Å². The summed E-state index contributed by atoms with van der Waals surface area (Å²) in [6, 6.07) is 6.24. The number of hydrogen-bond donors (Lipinski definition) is 0. The summed E-state index contributed by atoms with van der Waals surface area (Å²) in [7, 11) is 2.17. The zero-order valence-corrected chi connectivity index (χ0v) is 11.3. The van der Waals surface area contributed by atoms with Gasteiger partial charge < -0.3 is 4.90 Å². The molecule has 3 rings (SSSR count). The summed E-state index contributed by atoms with van der Waals surface area (Å²) in [6.45, 7) is 2.26. The Labute approximate surface area is 109 Å². The fourth-order valence-electron chi connectivity index (χ4n) is 2.53. The molecule has 3 nitrogen and oxygen atoms in total. The highest BCUT2D eigenvalue weighted by Crippen LogP contribution is 2.30. The highest BCUT2D eigenvalue weighted by Gasteiger charge is 2.23. The van der Waals surface area contributed by atoms with E-state index >= 15 is 0 Å². The van der Waals surface area contributed by atoms with Gasteiger partial charge in [-0.2, -0.15) is 0 Å². The summed E-state index contributed by atoms with van der Waals surface area (Å²) in [5, 5.41) is 1.19. The van der Waals surface area contributed by atoms with Crippen LogP contribution in [0.25, 0.3) is 10.9 Å². The second-order valence-electron chi connectivity index (χ2n) is 4.67. The molecular weight excluding hydrogens is 278 g/mol. The maximum Gasteiger partial charge on any atom is 0.116 e. The van der Waals surface area contributed by atoms with E-state index in [1.807, 2.05) is 0 Å². The first kappa shape index (κ1) is 11.1. The van der Waals surface area contributed by atoms with Gasteiger partial charge in [0.05, 0.1) is 11.2 Å². The minimum absolute atomic E-state index is 0.548. The molecular formula is C13H14BrN3. The summed E-state index contributed by atoms with van der Waals surface area (Å²) < 4.78 is 1.07. The fraction of sp³-hybridized carbons (Fsp3) is 0.385. The van der Waals surface area contributed by atoms with Crippen molar-refractivity contribution in [2.45, 2.75) is 12.3 Å². The maximum absolute atomic E-state index is 4.50. The van der Waals surface area contributed by atoms with Crippen LogP contribution in [0.2, 0.25) is 0 Å². The van der Waals surface area contributed by atoms with Gasteiger partial charge in [0.1, 0.15) is 6.33 Å². The number of aromatic nitrogens is 2. The van der Waals surface area contributed by atoms with E-state index in [1.165, 1.54) is 17.5 Å². The molecule has 0 amide bonds. The van der Waals surface area contributed by atoms with E-state index in [2.05, 4.69) is 56.0 Å². The lowest BCUT2D eigenvalue weighted by molar-refractivity contribution is 0.411. The van der Waals surface area contributed by atoms with Crippen LogP contribution in [0.15, 0.2) is 29.0 Å². The molecule has 1 aromatic heterocycles. The first-order chi connectivity index (χ1) is 8.24. The molecule has 2 heterocycles. The van der Waals surface area contributed by atoms with E-state index in [-0.39, 0.29) is 0 Å². The highest BCUT2D eigenvalue weighted by atomic mass is 79.9. The molecule has 2 aromatic rings. The van der Waals surface area contributed by atoms with Crippen molar-refractivity contribution in [2.75, 3.05) is 20.1 Å². The lowest BCUT2D eigenvalue weighted by Crippen LogP contribution is -2.14. The normalized spacial score (nSPS) is 21.2. The predicted octanol–water partition coefficient (Wildman–Crippen LogP) is 2.81. The number of halogens is 1. The van der Waals surface area contributed by atoms with Crippen LogP contribution in [-0.4, -0.2) is 35.0 Å². The molecule has 0 radical (unpaired) electrons. The zero-order chi connectivity index (χ0) is 11.8. The average molecular weight is 292 g/mol. The van der Waals surface area contributed by atoms with Crippen molar-refractivity contribution in [3.05, 3.63) is 34.7 Å². The van der Waals surface area contributed by atoms with Crippen molar-refractivity contribution < 1.29 is 0 Å². The number of benzene rings is 1. The van der Waals surface area contributed by atoms with Crippen molar-refractivity contribution in [1.29, 1.82) is 0 Å². The van der Waals surface area contributed by atoms with E-state index in [9.17, 15) is 0 Å². The van der Waals surface area contributed by atoms with E-state index in [0.717, 1.165) is 23.1 Å². The van der Waals surface area contributed by atoms with Gasteiger partial charge in [-0.15, -0.1) is 0 Å². The van der Waals surface area contributed by atoms with Crippen molar-refractivity contribution >= 4 is 26.8 Å². The Morgan fingerprint density at radius 3 is 3.00 bits per heavy atom. The summed E-state index contributed by atoms with van der Waals surface area (Å²) in [4.78, 5) is 11.2. The summed E-state index contributed by atoms with van der Waals surface area (Å²) in [5.41, 5.74) is 2.23. The third-order valence-corrected chi connectivity index (χ3v) is 3.90. The van der Waals surface area contributed by atoms with Crippen LogP contribution in [0.5, 0.6) is 0 Å². The molecule has 0 N–H and O–H groups in total. The minimum atomic E-state index is 0.548. The first-order valence-corrected chi connectivity index (χ1v) is 6.62. The first-order valence-electron chi connectivity index (χ1n) is 5.83. The molecule has 88 valence electrons. The molecule has 1 unspecified atom stereocenters. The van der Waals surface area contributed by atoms with Crippen LogP contribution in [-0.2, 0) is 0 Å². The van der Waals surface area contributed by atoms with Gasteiger partial charge in [-0.1, -0.05) is 15.9 Å². The topological polar surface area (TPSA) is 29.0 Å². The summed E-state index contributed by atoms with van der Waals surface area (Å²) >= 11 is 3.48. The van der Waals surface area contributed by atoms with Gasteiger partial charge in [-0.25, -0.2) is 9.97 Å². The SMILES string of the molecule is CN1CCC(c2ncnc3cc(Br)ccc23)C1. The molecule has 4 heteroatoms. The number of fused-ring (bicyclic) bond motifs is 1. The van der Waals surface area contributed by atoms with Gasteiger partial charge in [0, 0.05) is 22.3 Å². The predicted molar refractivity (Wildman–Crippen MR) is 72.1 cm³/mol. The fourth-order valence-corrected chi connectivity index (χ4v) is 2.88. The van der Waals surface area contributed by atoms with Gasteiger partial charge >= 0.3 is 0 Å². The van der Waals surface area contributed by atoms with E-state index < -0.39 is 0 Å². The van der Waals surface area contributed by atoms with Crippen molar-refractivity contribution in [3.8, 4) is 0 Å². The van der Waals surface area contributed by atoms with Crippen LogP contribution < -0.4 is 0 Å². The van der Waals surface area contributed by atoms with Gasteiger partial charge in [0.2, 0.25) is 0 Å². The van der Waals surface area contributed by atoms with Crippen molar-refractivity contribution in [3.63, 3.8) is 0 Å². The molecule has 1 saturated heterocycles. The van der Waals surface area contributed by atoms with Crippen LogP contribution >= 0.6 is 15.9 Å². The van der Waals surface area contributed by atoms with Crippen LogP contribution in [0, 0.1) is 0 Å². The number of nitrogens with zero attached hydrogens (tertiary/aromatic N) is 3. The summed E-state index contributed by atoms with van der Waals surface area (Å²) in [5.74, 6) is 0.548. The second kappa shape index (κ2) is 4.35. The standard InChI is InChI=1S/C13H14BrN3/c1-17-5-4-9(7-17)13-11-3-2-10(14)6-12(11)15-8-16-13/h2-3,6,8-9H,4-5,7H2,1H3. The van der Waals surface area contributed by atoms with Crippen LogP contribution in [0.4, 0.5) is 0 Å². The minimum Gasteiger partial charge on any atom is -0.306 e. The lowest BCUT2D eigenvalue weighted by Gasteiger charge is -2.12. The van der Waals surface area contributed by atoms with Crippen molar-refractivity contribution in [1.82, 2.24) is 14.9 Å².